The van der Waals surface area contributed by atoms with Crippen LogP contribution in [0.4, 0.5) is 11.4 Å². The van der Waals surface area contributed by atoms with Crippen molar-refractivity contribution in [1.29, 1.82) is 0 Å². The molecule has 3 aromatic rings. The van der Waals surface area contributed by atoms with E-state index in [1.807, 2.05) is 12.1 Å². The van der Waals surface area contributed by atoms with Gasteiger partial charge in [0.05, 0.1) is 21.8 Å². The molecule has 0 aliphatic heterocycles. The van der Waals surface area contributed by atoms with Gasteiger partial charge in [-0.15, -0.1) is 0 Å². The second-order valence-electron chi connectivity index (χ2n) is 5.00. The van der Waals surface area contributed by atoms with E-state index in [0.29, 0.717) is 22.1 Å². The van der Waals surface area contributed by atoms with Crippen molar-refractivity contribution in [2.45, 2.75) is 0 Å². The number of halogens is 2. The molecule has 1 N–H and O–H groups in total. The summed E-state index contributed by atoms with van der Waals surface area (Å²) in [4.78, 5) is 10.2. The van der Waals surface area contributed by atoms with Gasteiger partial charge >= 0.3 is 0 Å². The number of hydrazone groups is 1. The summed E-state index contributed by atoms with van der Waals surface area (Å²) in [7, 11) is 0. The minimum Gasteiger partial charge on any atom is -0.455 e. The molecule has 25 heavy (non-hydrogen) atoms. The Balaban J connectivity index is 1.74. The first-order valence-electron chi connectivity index (χ1n) is 7.12. The molecule has 0 aliphatic rings. The summed E-state index contributed by atoms with van der Waals surface area (Å²) in [6.45, 7) is 0. The highest BCUT2D eigenvalue weighted by atomic mass is 35.5. The summed E-state index contributed by atoms with van der Waals surface area (Å²) < 4.78 is 5.64. The molecule has 0 amide bonds. The number of nitrogens with zero attached hydrogens (tertiary/aromatic N) is 2. The number of furan rings is 1. The molecule has 3 rings (SSSR count). The fraction of sp³-hybridized carbons (Fsp3) is 0. The van der Waals surface area contributed by atoms with Crippen LogP contribution in [0.2, 0.25) is 10.0 Å². The van der Waals surface area contributed by atoms with Gasteiger partial charge in [0.2, 0.25) is 0 Å². The second-order valence-corrected chi connectivity index (χ2v) is 5.85. The largest absolute Gasteiger partial charge is 0.455 e. The highest BCUT2D eigenvalue weighted by Crippen LogP contribution is 2.32. The summed E-state index contributed by atoms with van der Waals surface area (Å²) in [6.07, 6.45) is 1.50. The van der Waals surface area contributed by atoms with Crippen molar-refractivity contribution in [1.82, 2.24) is 0 Å². The van der Waals surface area contributed by atoms with E-state index in [-0.39, 0.29) is 10.7 Å². The predicted molar refractivity (Wildman–Crippen MR) is 98.5 cm³/mol. The summed E-state index contributed by atoms with van der Waals surface area (Å²) in [5, 5.41) is 15.7. The molecule has 0 fully saturated rings. The molecular weight excluding hydrogens is 365 g/mol. The maximum atomic E-state index is 10.8. The monoisotopic (exact) mass is 375 g/mol. The van der Waals surface area contributed by atoms with Crippen LogP contribution in [0.25, 0.3) is 11.3 Å². The number of hydrogen-bond acceptors (Lipinski definition) is 5. The van der Waals surface area contributed by atoms with Crippen molar-refractivity contribution in [3.63, 3.8) is 0 Å². The zero-order chi connectivity index (χ0) is 17.8. The van der Waals surface area contributed by atoms with E-state index in [1.54, 1.807) is 30.3 Å². The van der Waals surface area contributed by atoms with Gasteiger partial charge in [-0.2, -0.15) is 5.10 Å². The molecule has 1 heterocycles. The number of nitro groups is 1. The Morgan fingerprint density at radius 1 is 1.12 bits per heavy atom. The minimum absolute atomic E-state index is 0.0761. The molecule has 0 unspecified atom stereocenters. The molecule has 0 saturated heterocycles. The highest BCUT2D eigenvalue weighted by Gasteiger charge is 2.13. The van der Waals surface area contributed by atoms with E-state index in [2.05, 4.69) is 10.5 Å². The Hall–Kier alpha value is -2.83. The molecule has 126 valence electrons. The van der Waals surface area contributed by atoms with Crippen LogP contribution in [0, 0.1) is 10.1 Å². The third-order valence-electron chi connectivity index (χ3n) is 3.27. The van der Waals surface area contributed by atoms with Crippen molar-refractivity contribution in [2.75, 3.05) is 5.43 Å². The average molecular weight is 376 g/mol. The van der Waals surface area contributed by atoms with Crippen LogP contribution in [0.1, 0.15) is 5.76 Å². The molecule has 8 heteroatoms. The predicted octanol–water partition coefficient (Wildman–Crippen LogP) is 5.61. The lowest BCUT2D eigenvalue weighted by Gasteiger charge is -2.01. The lowest BCUT2D eigenvalue weighted by Crippen LogP contribution is -1.89. The van der Waals surface area contributed by atoms with Crippen molar-refractivity contribution in [2.24, 2.45) is 5.10 Å². The van der Waals surface area contributed by atoms with E-state index in [4.69, 9.17) is 27.6 Å². The van der Waals surface area contributed by atoms with Gasteiger partial charge < -0.3 is 4.42 Å². The van der Waals surface area contributed by atoms with Gasteiger partial charge in [0, 0.05) is 22.7 Å². The SMILES string of the molecule is O=[N+]([O-])c1ccc(-c2ccc(/C=N/Nc3cccc(Cl)c3)o2)c(Cl)c1. The van der Waals surface area contributed by atoms with Crippen LogP contribution in [0.3, 0.4) is 0 Å². The van der Waals surface area contributed by atoms with E-state index < -0.39 is 4.92 Å². The Labute approximate surface area is 152 Å². The number of nitro benzene ring substituents is 1. The molecule has 0 aliphatic carbocycles. The topological polar surface area (TPSA) is 80.7 Å². The summed E-state index contributed by atoms with van der Waals surface area (Å²) in [5.74, 6) is 0.989. The Morgan fingerprint density at radius 2 is 1.96 bits per heavy atom. The Bertz CT molecular complexity index is 954. The zero-order valence-corrected chi connectivity index (χ0v) is 14.2. The number of anilines is 1. The van der Waals surface area contributed by atoms with Crippen LogP contribution in [0.5, 0.6) is 0 Å². The standard InChI is InChI=1S/C17H11Cl2N3O3/c18-11-2-1-3-12(8-11)21-20-10-14-5-7-17(25-14)15-6-4-13(22(23)24)9-16(15)19/h1-10,21H/b20-10+. The summed E-state index contributed by atoms with van der Waals surface area (Å²) in [5.41, 5.74) is 4.07. The maximum absolute atomic E-state index is 10.8. The van der Waals surface area contributed by atoms with Gasteiger partial charge in [0.25, 0.3) is 5.69 Å². The third kappa shape index (κ3) is 4.17. The van der Waals surface area contributed by atoms with Gasteiger partial charge in [0.15, 0.2) is 0 Å². The smallest absolute Gasteiger partial charge is 0.270 e. The average Bonchev–Trinajstić information content (AvgIpc) is 3.03. The van der Waals surface area contributed by atoms with E-state index in [9.17, 15) is 10.1 Å². The quantitative estimate of drug-likeness (QED) is 0.357. The number of hydrogen-bond donors (Lipinski definition) is 1. The van der Waals surface area contributed by atoms with Crippen LogP contribution >= 0.6 is 23.2 Å². The Kier molecular flexibility index (Phi) is 5.02. The van der Waals surface area contributed by atoms with E-state index in [1.165, 1.54) is 18.3 Å². The highest BCUT2D eigenvalue weighted by molar-refractivity contribution is 6.33. The minimum atomic E-state index is -0.503. The fourth-order valence-electron chi connectivity index (χ4n) is 2.11. The van der Waals surface area contributed by atoms with Crippen molar-refractivity contribution in [3.8, 4) is 11.3 Å². The van der Waals surface area contributed by atoms with Crippen molar-refractivity contribution < 1.29 is 9.34 Å². The van der Waals surface area contributed by atoms with Crippen LogP contribution in [-0.4, -0.2) is 11.1 Å². The third-order valence-corrected chi connectivity index (χ3v) is 3.81. The first-order valence-corrected chi connectivity index (χ1v) is 7.87. The van der Waals surface area contributed by atoms with Crippen LogP contribution in [0.15, 0.2) is 64.1 Å². The number of non-ortho nitro benzene ring substituents is 1. The first-order chi connectivity index (χ1) is 12.0. The molecule has 1 aromatic heterocycles. The molecule has 6 nitrogen and oxygen atoms in total. The van der Waals surface area contributed by atoms with Crippen LogP contribution in [-0.2, 0) is 0 Å². The Morgan fingerprint density at radius 3 is 2.68 bits per heavy atom. The normalized spacial score (nSPS) is 11.0. The summed E-state index contributed by atoms with van der Waals surface area (Å²) in [6, 6.07) is 14.8. The summed E-state index contributed by atoms with van der Waals surface area (Å²) >= 11 is 12.0. The lowest BCUT2D eigenvalue weighted by molar-refractivity contribution is -0.384. The van der Waals surface area contributed by atoms with Crippen LogP contribution < -0.4 is 5.43 Å². The second kappa shape index (κ2) is 7.38. The van der Waals surface area contributed by atoms with Gasteiger partial charge in [-0.3, -0.25) is 15.5 Å². The maximum Gasteiger partial charge on any atom is 0.270 e. The molecule has 0 atom stereocenters. The lowest BCUT2D eigenvalue weighted by atomic mass is 10.1. The molecule has 0 spiro atoms. The van der Waals surface area contributed by atoms with E-state index in [0.717, 1.165) is 5.69 Å². The molecule has 0 saturated carbocycles. The molecule has 2 aromatic carbocycles. The molecule has 0 bridgehead atoms. The number of rotatable bonds is 5. The fourth-order valence-corrected chi connectivity index (χ4v) is 2.57. The van der Waals surface area contributed by atoms with Gasteiger partial charge in [-0.25, -0.2) is 0 Å². The zero-order valence-electron chi connectivity index (χ0n) is 12.6. The number of nitrogens with one attached hydrogen (secondary N) is 1. The van der Waals surface area contributed by atoms with E-state index >= 15 is 0 Å². The molecule has 0 radical (unpaired) electrons. The van der Waals surface area contributed by atoms with Crippen molar-refractivity contribution in [3.05, 3.63) is 80.5 Å². The first kappa shape index (κ1) is 17.0. The molecular formula is C17H11Cl2N3O3. The number of benzene rings is 2. The van der Waals surface area contributed by atoms with Gasteiger partial charge in [-0.05, 0) is 36.4 Å². The van der Waals surface area contributed by atoms with Gasteiger partial charge in [-0.1, -0.05) is 29.3 Å². The van der Waals surface area contributed by atoms with Gasteiger partial charge in [0.1, 0.15) is 11.5 Å². The van der Waals surface area contributed by atoms with Crippen molar-refractivity contribution >= 4 is 40.8 Å².